The fraction of sp³-hybridized carbons (Fsp3) is 0.111. The molecular formula is C9H9ClN4O. The second-order valence-electron chi connectivity index (χ2n) is 2.89. The van der Waals surface area contributed by atoms with Crippen LogP contribution < -0.4 is 11.1 Å². The first kappa shape index (κ1) is 9.79. The van der Waals surface area contributed by atoms with Crippen molar-refractivity contribution in [3.63, 3.8) is 0 Å². The first-order valence-corrected chi connectivity index (χ1v) is 4.70. The molecule has 0 spiro atoms. The number of anilines is 2. The van der Waals surface area contributed by atoms with Crippen molar-refractivity contribution in [2.75, 3.05) is 11.1 Å². The third kappa shape index (κ3) is 2.38. The summed E-state index contributed by atoms with van der Waals surface area (Å²) in [5.41, 5.74) is 6.23. The fourth-order valence-electron chi connectivity index (χ4n) is 1.12. The maximum atomic E-state index is 5.96. The van der Waals surface area contributed by atoms with E-state index >= 15 is 0 Å². The van der Waals surface area contributed by atoms with Crippen LogP contribution in [-0.2, 0) is 6.54 Å². The summed E-state index contributed by atoms with van der Waals surface area (Å²) in [6.07, 6.45) is 0. The molecule has 0 aliphatic heterocycles. The summed E-state index contributed by atoms with van der Waals surface area (Å²) in [4.78, 5) is 0. The number of hydrogen-bond acceptors (Lipinski definition) is 5. The lowest BCUT2D eigenvalue weighted by atomic mass is 10.2. The van der Waals surface area contributed by atoms with Gasteiger partial charge in [0.05, 0.1) is 0 Å². The molecule has 1 aromatic heterocycles. The van der Waals surface area contributed by atoms with E-state index in [2.05, 4.69) is 15.5 Å². The zero-order chi connectivity index (χ0) is 10.7. The molecule has 0 aliphatic carbocycles. The molecule has 0 atom stereocenters. The summed E-state index contributed by atoms with van der Waals surface area (Å²) in [5.74, 6) is 0. The average molecular weight is 225 g/mol. The van der Waals surface area contributed by atoms with Crippen molar-refractivity contribution in [1.29, 1.82) is 0 Å². The number of nitrogens with two attached hydrogens (primary N) is 1. The second kappa shape index (κ2) is 4.18. The monoisotopic (exact) mass is 224 g/mol. The van der Waals surface area contributed by atoms with Crippen LogP contribution in [0.15, 0.2) is 28.7 Å². The number of nitrogens with zero attached hydrogens (tertiary/aromatic N) is 2. The third-order valence-electron chi connectivity index (χ3n) is 1.83. The normalized spacial score (nSPS) is 10.2. The van der Waals surface area contributed by atoms with Gasteiger partial charge in [-0.2, -0.15) is 0 Å². The lowest BCUT2D eigenvalue weighted by Gasteiger charge is -2.03. The molecule has 0 aliphatic rings. The summed E-state index contributed by atoms with van der Waals surface area (Å²) in [6, 6.07) is 7.83. The van der Waals surface area contributed by atoms with Crippen LogP contribution in [0.4, 0.5) is 12.0 Å². The number of rotatable bonds is 3. The zero-order valence-electron chi connectivity index (χ0n) is 7.77. The molecule has 2 aromatic rings. The molecule has 0 saturated carbocycles. The van der Waals surface area contributed by atoms with Crippen molar-refractivity contribution < 1.29 is 4.42 Å². The molecule has 0 saturated heterocycles. The van der Waals surface area contributed by atoms with Gasteiger partial charge in [-0.05, 0) is 11.6 Å². The molecule has 0 bridgehead atoms. The highest BCUT2D eigenvalue weighted by Crippen LogP contribution is 2.16. The lowest BCUT2D eigenvalue weighted by Crippen LogP contribution is -1.99. The number of aromatic nitrogens is 2. The van der Waals surface area contributed by atoms with Gasteiger partial charge in [0, 0.05) is 11.6 Å². The van der Waals surface area contributed by atoms with Crippen molar-refractivity contribution in [3.05, 3.63) is 34.9 Å². The highest BCUT2D eigenvalue weighted by atomic mass is 35.5. The Morgan fingerprint density at radius 2 is 2.13 bits per heavy atom. The molecule has 0 amide bonds. The number of hydrogen-bond donors (Lipinski definition) is 2. The van der Waals surface area contributed by atoms with Gasteiger partial charge in [-0.1, -0.05) is 40.0 Å². The highest BCUT2D eigenvalue weighted by Gasteiger charge is 2.03. The standard InChI is InChI=1S/C9H9ClN4O/c10-7-4-2-1-3-6(7)5-12-9-14-13-8(11)15-9/h1-4H,5H2,(H2,11,13)(H,12,14). The maximum Gasteiger partial charge on any atom is 0.317 e. The molecule has 2 rings (SSSR count). The SMILES string of the molecule is Nc1nnc(NCc2ccccc2Cl)o1. The van der Waals surface area contributed by atoms with Crippen molar-refractivity contribution in [2.45, 2.75) is 6.54 Å². The van der Waals surface area contributed by atoms with Gasteiger partial charge in [0.25, 0.3) is 0 Å². The van der Waals surface area contributed by atoms with Crippen LogP contribution >= 0.6 is 11.6 Å². The molecule has 1 heterocycles. The molecule has 0 radical (unpaired) electrons. The molecular weight excluding hydrogens is 216 g/mol. The van der Waals surface area contributed by atoms with E-state index in [9.17, 15) is 0 Å². The van der Waals surface area contributed by atoms with E-state index in [1.807, 2.05) is 24.3 Å². The van der Waals surface area contributed by atoms with Gasteiger partial charge >= 0.3 is 12.0 Å². The smallest absolute Gasteiger partial charge is 0.317 e. The molecule has 15 heavy (non-hydrogen) atoms. The van der Waals surface area contributed by atoms with Crippen LogP contribution in [0.3, 0.4) is 0 Å². The predicted octanol–water partition coefficient (Wildman–Crippen LogP) is 1.92. The predicted molar refractivity (Wildman–Crippen MR) is 57.5 cm³/mol. The van der Waals surface area contributed by atoms with Gasteiger partial charge in [0.1, 0.15) is 0 Å². The summed E-state index contributed by atoms with van der Waals surface area (Å²) in [7, 11) is 0. The number of benzene rings is 1. The molecule has 0 fully saturated rings. The fourth-order valence-corrected chi connectivity index (χ4v) is 1.32. The van der Waals surface area contributed by atoms with Crippen LogP contribution in [0.25, 0.3) is 0 Å². The van der Waals surface area contributed by atoms with E-state index in [1.54, 1.807) is 0 Å². The maximum absolute atomic E-state index is 5.96. The third-order valence-corrected chi connectivity index (χ3v) is 2.20. The first-order valence-electron chi connectivity index (χ1n) is 4.32. The Morgan fingerprint density at radius 1 is 1.33 bits per heavy atom. The molecule has 5 nitrogen and oxygen atoms in total. The summed E-state index contributed by atoms with van der Waals surface area (Å²) >= 11 is 5.96. The minimum atomic E-state index is 0.0386. The van der Waals surface area contributed by atoms with Crippen molar-refractivity contribution >= 4 is 23.6 Å². The Morgan fingerprint density at radius 3 is 2.80 bits per heavy atom. The van der Waals surface area contributed by atoms with E-state index in [-0.39, 0.29) is 12.0 Å². The Balaban J connectivity index is 2.02. The molecule has 1 aromatic carbocycles. The largest absolute Gasteiger partial charge is 0.390 e. The van der Waals surface area contributed by atoms with Gasteiger partial charge in [0.15, 0.2) is 0 Å². The topological polar surface area (TPSA) is 77.0 Å². The van der Waals surface area contributed by atoms with Crippen LogP contribution in [0, 0.1) is 0 Å². The van der Waals surface area contributed by atoms with E-state index in [0.717, 1.165) is 5.56 Å². The summed E-state index contributed by atoms with van der Waals surface area (Å²) in [6.45, 7) is 0.515. The summed E-state index contributed by atoms with van der Waals surface area (Å²) in [5, 5.41) is 10.8. The number of nitrogen functional groups attached to an aromatic ring is 1. The van der Waals surface area contributed by atoms with E-state index in [4.69, 9.17) is 21.8 Å². The minimum Gasteiger partial charge on any atom is -0.390 e. The lowest BCUT2D eigenvalue weighted by molar-refractivity contribution is 0.586. The number of halogens is 1. The van der Waals surface area contributed by atoms with E-state index < -0.39 is 0 Å². The van der Waals surface area contributed by atoms with Crippen molar-refractivity contribution in [1.82, 2.24) is 10.2 Å². The van der Waals surface area contributed by atoms with Crippen molar-refractivity contribution in [2.24, 2.45) is 0 Å². The molecule has 0 unspecified atom stereocenters. The Hall–Kier alpha value is -1.75. The average Bonchev–Trinajstić information content (AvgIpc) is 2.63. The molecule has 6 heteroatoms. The van der Waals surface area contributed by atoms with E-state index in [1.165, 1.54) is 0 Å². The second-order valence-corrected chi connectivity index (χ2v) is 3.30. The Bertz CT molecular complexity index is 457. The minimum absolute atomic E-state index is 0.0386. The van der Waals surface area contributed by atoms with Crippen LogP contribution in [-0.4, -0.2) is 10.2 Å². The van der Waals surface area contributed by atoms with E-state index in [0.29, 0.717) is 11.6 Å². The van der Waals surface area contributed by atoms with Gasteiger partial charge < -0.3 is 15.5 Å². The first-order chi connectivity index (χ1) is 7.25. The quantitative estimate of drug-likeness (QED) is 0.833. The van der Waals surface area contributed by atoms with Crippen LogP contribution in [0.5, 0.6) is 0 Å². The van der Waals surface area contributed by atoms with Gasteiger partial charge in [0.2, 0.25) is 0 Å². The molecule has 78 valence electrons. The Kier molecular flexibility index (Phi) is 2.73. The summed E-state index contributed by atoms with van der Waals surface area (Å²) < 4.78 is 4.95. The van der Waals surface area contributed by atoms with Crippen molar-refractivity contribution in [3.8, 4) is 0 Å². The number of nitrogens with one attached hydrogen (secondary N) is 1. The van der Waals surface area contributed by atoms with Gasteiger partial charge in [-0.15, -0.1) is 0 Å². The highest BCUT2D eigenvalue weighted by molar-refractivity contribution is 6.31. The zero-order valence-corrected chi connectivity index (χ0v) is 8.53. The Labute approximate surface area is 91.2 Å². The molecule has 3 N–H and O–H groups in total. The van der Waals surface area contributed by atoms with Gasteiger partial charge in [-0.3, -0.25) is 0 Å². The van der Waals surface area contributed by atoms with Crippen LogP contribution in [0.1, 0.15) is 5.56 Å². The van der Waals surface area contributed by atoms with Gasteiger partial charge in [-0.25, -0.2) is 0 Å². The van der Waals surface area contributed by atoms with Crippen LogP contribution in [0.2, 0.25) is 5.02 Å².